The van der Waals surface area contributed by atoms with Gasteiger partial charge in [-0.25, -0.2) is 4.98 Å². The largest absolute Gasteiger partial charge is 0.488 e. The minimum Gasteiger partial charge on any atom is -0.487 e. The van der Waals surface area contributed by atoms with Gasteiger partial charge in [0, 0.05) is 6.07 Å². The van der Waals surface area contributed by atoms with Gasteiger partial charge in [-0.15, -0.1) is 0 Å². The van der Waals surface area contributed by atoms with Crippen LogP contribution in [0.15, 0.2) is 42.5 Å². The molecular formula is C13H14BNO4. The molecule has 0 bridgehead atoms. The summed E-state index contributed by atoms with van der Waals surface area (Å²) < 4.78 is 10.6. The third kappa shape index (κ3) is 3.71. The average Bonchev–Trinajstić information content (AvgIpc) is 2.46. The Hall–Kier alpha value is -2.05. The van der Waals surface area contributed by atoms with Crippen LogP contribution < -0.4 is 14.9 Å². The van der Waals surface area contributed by atoms with Gasteiger partial charge in [-0.05, 0) is 23.7 Å². The van der Waals surface area contributed by atoms with E-state index in [1.807, 2.05) is 12.1 Å². The fourth-order valence-corrected chi connectivity index (χ4v) is 1.55. The van der Waals surface area contributed by atoms with E-state index in [-0.39, 0.29) is 0 Å². The molecule has 0 saturated carbocycles. The Morgan fingerprint density at radius 2 is 1.84 bits per heavy atom. The van der Waals surface area contributed by atoms with Gasteiger partial charge >= 0.3 is 7.12 Å². The molecule has 2 N–H and O–H groups in total. The summed E-state index contributed by atoms with van der Waals surface area (Å²) in [6, 6.07) is 12.0. The van der Waals surface area contributed by atoms with Gasteiger partial charge in [0.1, 0.15) is 12.4 Å². The molecule has 0 spiro atoms. The zero-order chi connectivity index (χ0) is 13.7. The lowest BCUT2D eigenvalue weighted by molar-refractivity contribution is 0.298. The van der Waals surface area contributed by atoms with Crippen LogP contribution in [0.2, 0.25) is 0 Å². The summed E-state index contributed by atoms with van der Waals surface area (Å²) in [6.07, 6.45) is 0. The maximum Gasteiger partial charge on any atom is 0.488 e. The topological polar surface area (TPSA) is 71.8 Å². The SMILES string of the molecule is COc1cccc(COc2ccc(B(O)O)cc2)n1. The molecule has 5 nitrogen and oxygen atoms in total. The van der Waals surface area contributed by atoms with Gasteiger partial charge in [-0.1, -0.05) is 18.2 Å². The van der Waals surface area contributed by atoms with Crippen molar-refractivity contribution in [2.45, 2.75) is 6.61 Å². The average molecular weight is 259 g/mol. The molecule has 2 rings (SSSR count). The molecule has 0 unspecified atom stereocenters. The Balaban J connectivity index is 1.98. The second-order valence-electron chi connectivity index (χ2n) is 3.90. The minimum absolute atomic E-state index is 0.318. The van der Waals surface area contributed by atoms with E-state index in [2.05, 4.69) is 4.98 Å². The molecule has 6 heteroatoms. The summed E-state index contributed by atoms with van der Waals surface area (Å²) in [4.78, 5) is 4.22. The highest BCUT2D eigenvalue weighted by molar-refractivity contribution is 6.58. The van der Waals surface area contributed by atoms with Crippen molar-refractivity contribution in [1.82, 2.24) is 4.98 Å². The summed E-state index contributed by atoms with van der Waals surface area (Å²) >= 11 is 0. The van der Waals surface area contributed by atoms with Crippen molar-refractivity contribution in [2.24, 2.45) is 0 Å². The quantitative estimate of drug-likeness (QED) is 0.758. The second-order valence-corrected chi connectivity index (χ2v) is 3.90. The maximum atomic E-state index is 8.97. The van der Waals surface area contributed by atoms with Crippen LogP contribution in [0.5, 0.6) is 11.6 Å². The number of nitrogens with zero attached hydrogens (tertiary/aromatic N) is 1. The van der Waals surface area contributed by atoms with Gasteiger partial charge < -0.3 is 19.5 Å². The minimum atomic E-state index is -1.46. The third-order valence-corrected chi connectivity index (χ3v) is 2.56. The van der Waals surface area contributed by atoms with Gasteiger partial charge in [0.05, 0.1) is 12.8 Å². The van der Waals surface area contributed by atoms with Crippen LogP contribution in [0.25, 0.3) is 0 Å². The Labute approximate surface area is 111 Å². The van der Waals surface area contributed by atoms with Crippen LogP contribution in [0, 0.1) is 0 Å². The first-order valence-electron chi connectivity index (χ1n) is 5.78. The number of methoxy groups -OCH3 is 1. The predicted octanol–water partition coefficient (Wildman–Crippen LogP) is 0.349. The summed E-state index contributed by atoms with van der Waals surface area (Å²) in [7, 11) is 0.0976. The molecular weight excluding hydrogens is 245 g/mol. The van der Waals surface area contributed by atoms with E-state index in [1.54, 1.807) is 37.4 Å². The van der Waals surface area contributed by atoms with E-state index in [1.165, 1.54) is 0 Å². The van der Waals surface area contributed by atoms with Gasteiger partial charge in [0.15, 0.2) is 0 Å². The number of hydrogen-bond acceptors (Lipinski definition) is 5. The molecule has 0 saturated heterocycles. The van der Waals surface area contributed by atoms with E-state index >= 15 is 0 Å². The highest BCUT2D eigenvalue weighted by atomic mass is 16.5. The van der Waals surface area contributed by atoms with Gasteiger partial charge in [-0.2, -0.15) is 0 Å². The Morgan fingerprint density at radius 3 is 2.47 bits per heavy atom. The van der Waals surface area contributed by atoms with Crippen molar-refractivity contribution >= 4 is 12.6 Å². The molecule has 2 aromatic rings. The molecule has 0 radical (unpaired) electrons. The number of benzene rings is 1. The van der Waals surface area contributed by atoms with Crippen LogP contribution in [0.4, 0.5) is 0 Å². The molecule has 0 atom stereocenters. The number of aromatic nitrogens is 1. The number of pyridine rings is 1. The summed E-state index contributed by atoms with van der Waals surface area (Å²) in [6.45, 7) is 0.318. The fourth-order valence-electron chi connectivity index (χ4n) is 1.55. The van der Waals surface area contributed by atoms with Crippen LogP contribution in [-0.2, 0) is 6.61 Å². The molecule has 98 valence electrons. The smallest absolute Gasteiger partial charge is 0.487 e. The Morgan fingerprint density at radius 1 is 1.11 bits per heavy atom. The second kappa shape index (κ2) is 6.22. The molecule has 1 aromatic carbocycles. The number of ether oxygens (including phenoxy) is 2. The van der Waals surface area contributed by atoms with E-state index in [0.29, 0.717) is 23.7 Å². The highest BCUT2D eigenvalue weighted by Gasteiger charge is 2.09. The van der Waals surface area contributed by atoms with Crippen LogP contribution in [0.3, 0.4) is 0 Å². The third-order valence-electron chi connectivity index (χ3n) is 2.56. The first-order chi connectivity index (χ1) is 9.19. The lowest BCUT2D eigenvalue weighted by Gasteiger charge is -2.07. The molecule has 0 aliphatic rings. The molecule has 0 amide bonds. The van der Waals surface area contributed by atoms with Crippen molar-refractivity contribution < 1.29 is 19.5 Å². The van der Waals surface area contributed by atoms with Gasteiger partial charge in [0.25, 0.3) is 0 Å². The molecule has 0 aliphatic heterocycles. The highest BCUT2D eigenvalue weighted by Crippen LogP contribution is 2.12. The van der Waals surface area contributed by atoms with E-state index in [0.717, 1.165) is 5.69 Å². The number of hydrogen-bond donors (Lipinski definition) is 2. The molecule has 0 fully saturated rings. The molecule has 1 heterocycles. The van der Waals surface area contributed by atoms with E-state index in [9.17, 15) is 0 Å². The van der Waals surface area contributed by atoms with E-state index in [4.69, 9.17) is 19.5 Å². The first kappa shape index (κ1) is 13.4. The van der Waals surface area contributed by atoms with Crippen molar-refractivity contribution in [3.05, 3.63) is 48.2 Å². The fraction of sp³-hybridized carbons (Fsp3) is 0.154. The normalized spacial score (nSPS) is 10.1. The zero-order valence-corrected chi connectivity index (χ0v) is 10.5. The zero-order valence-electron chi connectivity index (χ0n) is 10.5. The van der Waals surface area contributed by atoms with Gasteiger partial charge in [-0.3, -0.25) is 0 Å². The van der Waals surface area contributed by atoms with Gasteiger partial charge in [0.2, 0.25) is 5.88 Å². The Bertz CT molecular complexity index is 530. The summed E-state index contributed by atoms with van der Waals surface area (Å²) in [5.74, 6) is 1.17. The number of rotatable bonds is 5. The van der Waals surface area contributed by atoms with Crippen LogP contribution >= 0.6 is 0 Å². The standard InChI is InChI=1S/C13H14BNO4/c1-18-13-4-2-3-11(15-13)9-19-12-7-5-10(6-8-12)14(16)17/h2-8,16-17H,9H2,1H3. The molecule has 0 aliphatic carbocycles. The predicted molar refractivity (Wildman–Crippen MR) is 71.4 cm³/mol. The maximum absolute atomic E-state index is 8.97. The van der Waals surface area contributed by atoms with Crippen molar-refractivity contribution in [1.29, 1.82) is 0 Å². The summed E-state index contributed by atoms with van der Waals surface area (Å²) in [5, 5.41) is 17.9. The monoisotopic (exact) mass is 259 g/mol. The van der Waals surface area contributed by atoms with Crippen molar-refractivity contribution in [3.63, 3.8) is 0 Å². The van der Waals surface area contributed by atoms with E-state index < -0.39 is 7.12 Å². The Kier molecular flexibility index (Phi) is 4.38. The van der Waals surface area contributed by atoms with Crippen LogP contribution in [-0.4, -0.2) is 29.3 Å². The molecule has 19 heavy (non-hydrogen) atoms. The first-order valence-corrected chi connectivity index (χ1v) is 5.78. The molecule has 1 aromatic heterocycles. The summed E-state index contributed by atoms with van der Waals surface area (Å²) in [5.41, 5.74) is 1.18. The lowest BCUT2D eigenvalue weighted by Crippen LogP contribution is -2.29. The van der Waals surface area contributed by atoms with Crippen LogP contribution in [0.1, 0.15) is 5.69 Å². The lowest BCUT2D eigenvalue weighted by atomic mass is 9.80. The van der Waals surface area contributed by atoms with Crippen molar-refractivity contribution in [3.8, 4) is 11.6 Å². The van der Waals surface area contributed by atoms with Crippen molar-refractivity contribution in [2.75, 3.05) is 7.11 Å².